The van der Waals surface area contributed by atoms with Gasteiger partial charge >= 0.3 is 6.09 Å². The summed E-state index contributed by atoms with van der Waals surface area (Å²) in [4.78, 5) is 12.5. The number of thiophene rings is 1. The Morgan fingerprint density at radius 1 is 1.24 bits per heavy atom. The van der Waals surface area contributed by atoms with E-state index in [4.69, 9.17) is 16.3 Å². The molecule has 0 radical (unpaired) electrons. The third-order valence-electron chi connectivity index (χ3n) is 2.49. The summed E-state index contributed by atoms with van der Waals surface area (Å²) < 4.78 is 5.98. The van der Waals surface area contributed by atoms with Crippen molar-refractivity contribution in [3.05, 3.63) is 39.1 Å². The molecule has 0 atom stereocenters. The Bertz CT molecular complexity index is 617. The van der Waals surface area contributed by atoms with Crippen molar-refractivity contribution in [1.29, 1.82) is 0 Å². The van der Waals surface area contributed by atoms with Crippen molar-refractivity contribution in [1.82, 2.24) is 0 Å². The number of halogens is 2. The molecule has 0 fully saturated rings. The lowest BCUT2D eigenvalue weighted by Gasteiger charge is -2.08. The minimum Gasteiger partial charge on any atom is -0.449 e. The van der Waals surface area contributed by atoms with E-state index in [9.17, 15) is 4.79 Å². The van der Waals surface area contributed by atoms with Crippen LogP contribution in [0.15, 0.2) is 34.1 Å². The van der Waals surface area contributed by atoms with Crippen molar-refractivity contribution in [2.24, 2.45) is 0 Å². The van der Waals surface area contributed by atoms with E-state index >= 15 is 0 Å². The van der Waals surface area contributed by atoms with Gasteiger partial charge in [0.25, 0.3) is 0 Å². The fourth-order valence-corrected chi connectivity index (χ4v) is 3.40. The molecule has 1 amide bonds. The number of ether oxygens (including phenoxy) is 1. The lowest BCUT2D eigenvalue weighted by Crippen LogP contribution is -2.13. The maximum atomic E-state index is 11.5. The highest BCUT2D eigenvalue weighted by atomic mass is 79.9. The molecule has 2 aromatic rings. The van der Waals surface area contributed by atoms with Crippen molar-refractivity contribution in [2.75, 3.05) is 11.9 Å². The van der Waals surface area contributed by atoms with Crippen LogP contribution in [0.2, 0.25) is 5.02 Å². The number of carbonyl (C=O) groups excluding carboxylic acids is 1. The van der Waals surface area contributed by atoms with Crippen LogP contribution in [0.4, 0.5) is 10.5 Å². The van der Waals surface area contributed by atoms with Gasteiger partial charge in [-0.05, 0) is 46.6 Å². The first kappa shape index (κ1) is 26.2. The molecular formula is C19H29BrClNO2S. The smallest absolute Gasteiger partial charge is 0.411 e. The first-order valence-electron chi connectivity index (χ1n) is 8.08. The summed E-state index contributed by atoms with van der Waals surface area (Å²) in [5, 5.41) is 5.24. The van der Waals surface area contributed by atoms with E-state index in [1.807, 2.05) is 58.2 Å². The molecule has 0 bridgehead atoms. The first-order valence-corrected chi connectivity index (χ1v) is 10.1. The molecule has 0 aliphatic rings. The van der Waals surface area contributed by atoms with E-state index in [1.165, 1.54) is 0 Å². The van der Waals surface area contributed by atoms with Crippen molar-refractivity contribution < 1.29 is 9.53 Å². The zero-order valence-electron chi connectivity index (χ0n) is 14.8. The van der Waals surface area contributed by atoms with Gasteiger partial charge in [0, 0.05) is 26.0 Å². The highest BCUT2D eigenvalue weighted by molar-refractivity contribution is 9.10. The summed E-state index contributed by atoms with van der Waals surface area (Å²) in [6, 6.07) is 7.42. The highest BCUT2D eigenvalue weighted by Gasteiger charge is 2.09. The van der Waals surface area contributed by atoms with Crippen LogP contribution in [0.3, 0.4) is 0 Å². The van der Waals surface area contributed by atoms with Gasteiger partial charge in [-0.2, -0.15) is 0 Å². The van der Waals surface area contributed by atoms with E-state index in [-0.39, 0.29) is 7.43 Å². The Hall–Kier alpha value is -1.04. The average Bonchev–Trinajstić information content (AvgIpc) is 3.03. The normalized spacial score (nSPS) is 8.76. The van der Waals surface area contributed by atoms with E-state index in [1.54, 1.807) is 17.4 Å². The second-order valence-corrected chi connectivity index (χ2v) is 6.32. The van der Waals surface area contributed by atoms with Crippen LogP contribution in [0.25, 0.3) is 10.4 Å². The van der Waals surface area contributed by atoms with Gasteiger partial charge in [0.2, 0.25) is 0 Å². The van der Waals surface area contributed by atoms with Gasteiger partial charge < -0.3 is 4.74 Å². The molecular weight excluding hydrogens is 422 g/mol. The van der Waals surface area contributed by atoms with Crippen molar-refractivity contribution in [3.63, 3.8) is 0 Å². The SMILES string of the molecule is C.CC.CC.CCCOC(=O)Nc1ccc(-c2cc(Br)cs2)c(Cl)c1. The molecule has 0 aliphatic heterocycles. The van der Waals surface area contributed by atoms with Gasteiger partial charge in [0.05, 0.1) is 11.6 Å². The van der Waals surface area contributed by atoms with Crippen LogP contribution in [0.1, 0.15) is 48.5 Å². The highest BCUT2D eigenvalue weighted by Crippen LogP contribution is 2.35. The van der Waals surface area contributed by atoms with Crippen LogP contribution in [-0.4, -0.2) is 12.7 Å². The van der Waals surface area contributed by atoms with Gasteiger partial charge in [-0.1, -0.05) is 53.6 Å². The summed E-state index contributed by atoms with van der Waals surface area (Å²) in [5.41, 5.74) is 1.56. The standard InChI is InChI=1S/C14H13BrClNO2S.2C2H6.CH4/c1-2-5-19-14(18)17-10-3-4-11(12(16)7-10)13-6-9(15)8-20-13;2*1-2;/h3-4,6-8H,2,5H2,1H3,(H,17,18);2*1-2H3;1H4. The molecule has 0 spiro atoms. The molecule has 1 heterocycles. The van der Waals surface area contributed by atoms with Crippen molar-refractivity contribution >= 4 is 50.6 Å². The van der Waals surface area contributed by atoms with E-state index in [0.29, 0.717) is 17.3 Å². The second-order valence-electron chi connectivity index (χ2n) is 4.08. The molecule has 1 aromatic carbocycles. The Morgan fingerprint density at radius 2 is 1.88 bits per heavy atom. The molecule has 25 heavy (non-hydrogen) atoms. The number of hydrogen-bond donors (Lipinski definition) is 1. The molecule has 6 heteroatoms. The van der Waals surface area contributed by atoms with Gasteiger partial charge in [-0.15, -0.1) is 11.3 Å². The maximum Gasteiger partial charge on any atom is 0.411 e. The molecule has 0 saturated heterocycles. The number of amides is 1. The molecule has 3 nitrogen and oxygen atoms in total. The Balaban J connectivity index is 0. The topological polar surface area (TPSA) is 38.3 Å². The number of benzene rings is 1. The molecule has 1 N–H and O–H groups in total. The van der Waals surface area contributed by atoms with E-state index in [0.717, 1.165) is 21.3 Å². The number of rotatable bonds is 4. The Morgan fingerprint density at radius 3 is 2.36 bits per heavy atom. The lowest BCUT2D eigenvalue weighted by molar-refractivity contribution is 0.161. The quantitative estimate of drug-likeness (QED) is 0.507. The first-order chi connectivity index (χ1) is 11.6. The average molecular weight is 451 g/mol. The van der Waals surface area contributed by atoms with Crippen LogP contribution in [0.5, 0.6) is 0 Å². The largest absolute Gasteiger partial charge is 0.449 e. The second kappa shape index (κ2) is 15.2. The summed E-state index contributed by atoms with van der Waals surface area (Å²) in [6.07, 6.45) is 0.329. The Labute approximate surface area is 169 Å². The predicted molar refractivity (Wildman–Crippen MR) is 117 cm³/mol. The molecule has 0 aliphatic carbocycles. The fourth-order valence-electron chi connectivity index (χ4n) is 1.60. The van der Waals surface area contributed by atoms with Crippen molar-refractivity contribution in [2.45, 2.75) is 48.5 Å². The van der Waals surface area contributed by atoms with E-state index in [2.05, 4.69) is 21.2 Å². The molecule has 0 unspecified atom stereocenters. The molecule has 142 valence electrons. The summed E-state index contributed by atoms with van der Waals surface area (Å²) in [5.74, 6) is 0. The van der Waals surface area contributed by atoms with Gasteiger partial charge in [0.1, 0.15) is 0 Å². The molecule has 0 saturated carbocycles. The lowest BCUT2D eigenvalue weighted by atomic mass is 10.1. The summed E-state index contributed by atoms with van der Waals surface area (Å²) >= 11 is 11.3. The van der Waals surface area contributed by atoms with Gasteiger partial charge in [-0.25, -0.2) is 4.79 Å². The number of carbonyl (C=O) groups is 1. The third-order valence-corrected chi connectivity index (χ3v) is 4.52. The van der Waals surface area contributed by atoms with E-state index < -0.39 is 6.09 Å². The van der Waals surface area contributed by atoms with Crippen LogP contribution in [-0.2, 0) is 4.74 Å². The minimum absolute atomic E-state index is 0. The molecule has 2 rings (SSSR count). The summed E-state index contributed by atoms with van der Waals surface area (Å²) in [7, 11) is 0. The maximum absolute atomic E-state index is 11.5. The number of hydrogen-bond acceptors (Lipinski definition) is 3. The monoisotopic (exact) mass is 449 g/mol. The Kier molecular flexibility index (Phi) is 16.0. The third kappa shape index (κ3) is 9.28. The molecule has 1 aromatic heterocycles. The van der Waals surface area contributed by atoms with Crippen LogP contribution >= 0.6 is 38.9 Å². The van der Waals surface area contributed by atoms with Gasteiger partial charge in [-0.3, -0.25) is 5.32 Å². The minimum atomic E-state index is -0.463. The fraction of sp³-hybridized carbons (Fsp3) is 0.421. The number of nitrogens with one attached hydrogen (secondary N) is 1. The number of anilines is 1. The van der Waals surface area contributed by atoms with Crippen LogP contribution < -0.4 is 5.32 Å². The van der Waals surface area contributed by atoms with Crippen molar-refractivity contribution in [3.8, 4) is 10.4 Å². The zero-order valence-corrected chi connectivity index (χ0v) is 17.9. The predicted octanol–water partition coefficient (Wildman–Crippen LogP) is 8.48. The van der Waals surface area contributed by atoms with Gasteiger partial charge in [0.15, 0.2) is 0 Å². The zero-order chi connectivity index (χ0) is 18.5. The van der Waals surface area contributed by atoms with Crippen LogP contribution in [0, 0.1) is 0 Å². The summed E-state index contributed by atoms with van der Waals surface area (Å²) in [6.45, 7) is 10.3.